The van der Waals surface area contributed by atoms with E-state index in [4.69, 9.17) is 10.00 Å². The highest BCUT2D eigenvalue weighted by Gasteiger charge is 2.13. The summed E-state index contributed by atoms with van der Waals surface area (Å²) >= 11 is 1.40. The molecule has 0 aliphatic rings. The molecule has 0 saturated heterocycles. The van der Waals surface area contributed by atoms with E-state index in [1.165, 1.54) is 11.8 Å². The Hall–Kier alpha value is -3.56. The van der Waals surface area contributed by atoms with Gasteiger partial charge >= 0.3 is 0 Å². The van der Waals surface area contributed by atoms with E-state index in [1.54, 1.807) is 10.6 Å². The van der Waals surface area contributed by atoms with Gasteiger partial charge in [0.2, 0.25) is 0 Å². The lowest BCUT2D eigenvalue weighted by atomic mass is 10.2. The first-order valence-corrected chi connectivity index (χ1v) is 10.1. The van der Waals surface area contributed by atoms with Crippen molar-refractivity contribution in [3.63, 3.8) is 0 Å². The maximum Gasteiger partial charge on any atom is 0.266 e. The first kappa shape index (κ1) is 18.8. The largest absolute Gasteiger partial charge is 0.457 e. The van der Waals surface area contributed by atoms with Gasteiger partial charge in [0.15, 0.2) is 5.16 Å². The van der Waals surface area contributed by atoms with Crippen LogP contribution < -0.4 is 10.3 Å². The number of thioether (sulfide) groups is 1. The van der Waals surface area contributed by atoms with Gasteiger partial charge in [0, 0.05) is 12.2 Å². The number of aromatic nitrogens is 2. The van der Waals surface area contributed by atoms with E-state index in [-0.39, 0.29) is 5.56 Å². The molecule has 0 spiro atoms. The Labute approximate surface area is 172 Å². The van der Waals surface area contributed by atoms with Gasteiger partial charge in [-0.1, -0.05) is 42.1 Å². The molecular formula is C23H17N3O2S. The van der Waals surface area contributed by atoms with Crippen LogP contribution in [0.15, 0.2) is 88.8 Å². The summed E-state index contributed by atoms with van der Waals surface area (Å²) in [5.41, 5.74) is 1.22. The maximum absolute atomic E-state index is 13.2. The minimum absolute atomic E-state index is 0.133. The first-order chi connectivity index (χ1) is 14.3. The predicted octanol–water partition coefficient (Wildman–Crippen LogP) is 5.18. The van der Waals surface area contributed by atoms with Gasteiger partial charge in [0.25, 0.3) is 5.56 Å². The van der Waals surface area contributed by atoms with Crippen LogP contribution in [-0.2, 0) is 0 Å². The Morgan fingerprint density at radius 3 is 2.38 bits per heavy atom. The molecule has 0 amide bonds. The smallest absolute Gasteiger partial charge is 0.266 e. The van der Waals surface area contributed by atoms with E-state index >= 15 is 0 Å². The number of hydrogen-bond donors (Lipinski definition) is 0. The van der Waals surface area contributed by atoms with Crippen LogP contribution in [0, 0.1) is 11.3 Å². The maximum atomic E-state index is 13.2. The molecule has 0 radical (unpaired) electrons. The molecule has 1 heterocycles. The molecule has 142 valence electrons. The SMILES string of the molecule is N#CCCSc1nc2ccccc2c(=O)n1-c1ccc(Oc2ccccc2)cc1. The van der Waals surface area contributed by atoms with Crippen molar-refractivity contribution in [3.05, 3.63) is 89.2 Å². The van der Waals surface area contributed by atoms with E-state index in [2.05, 4.69) is 11.1 Å². The average molecular weight is 399 g/mol. The standard InChI is InChI=1S/C23H17N3O2S/c24-15-6-16-29-23-25-21-10-5-4-9-20(21)22(27)26(23)17-11-13-19(14-12-17)28-18-7-2-1-3-8-18/h1-5,7-14H,6,16H2. The highest BCUT2D eigenvalue weighted by Crippen LogP contribution is 2.25. The fraction of sp³-hybridized carbons (Fsp3) is 0.0870. The third kappa shape index (κ3) is 4.15. The van der Waals surface area contributed by atoms with Crippen molar-refractivity contribution in [2.75, 3.05) is 5.75 Å². The number of rotatable bonds is 6. The number of hydrogen-bond acceptors (Lipinski definition) is 5. The Bertz CT molecular complexity index is 1230. The van der Waals surface area contributed by atoms with Crippen LogP contribution in [-0.4, -0.2) is 15.3 Å². The molecule has 1 aromatic heterocycles. The zero-order valence-electron chi connectivity index (χ0n) is 15.5. The van der Waals surface area contributed by atoms with Gasteiger partial charge in [0.05, 0.1) is 22.7 Å². The number of nitrogens with zero attached hydrogens (tertiary/aromatic N) is 3. The molecule has 6 heteroatoms. The van der Waals surface area contributed by atoms with Crippen molar-refractivity contribution < 1.29 is 4.74 Å². The van der Waals surface area contributed by atoms with Crippen molar-refractivity contribution in [2.45, 2.75) is 11.6 Å². The fourth-order valence-corrected chi connectivity index (χ4v) is 3.77. The number of benzene rings is 3. The van der Waals surface area contributed by atoms with E-state index in [1.807, 2.05) is 72.8 Å². The zero-order valence-corrected chi connectivity index (χ0v) is 16.3. The molecule has 0 saturated carbocycles. The highest BCUT2D eigenvalue weighted by atomic mass is 32.2. The third-order valence-corrected chi connectivity index (χ3v) is 5.20. The second kappa shape index (κ2) is 8.63. The van der Waals surface area contributed by atoms with Crippen molar-refractivity contribution in [3.8, 4) is 23.3 Å². The molecule has 0 aliphatic carbocycles. The lowest BCUT2D eigenvalue weighted by Gasteiger charge is -2.13. The molecule has 0 unspecified atom stereocenters. The Kier molecular flexibility index (Phi) is 5.59. The average Bonchev–Trinajstić information content (AvgIpc) is 2.76. The molecule has 4 aromatic rings. The molecule has 4 rings (SSSR count). The van der Waals surface area contributed by atoms with Crippen LogP contribution >= 0.6 is 11.8 Å². The predicted molar refractivity (Wildman–Crippen MR) is 115 cm³/mol. The number of nitriles is 1. The van der Waals surface area contributed by atoms with Crippen molar-refractivity contribution in [1.29, 1.82) is 5.26 Å². The quantitative estimate of drug-likeness (QED) is 0.254. The number of ether oxygens (including phenoxy) is 1. The third-order valence-electron chi connectivity index (χ3n) is 4.26. The normalized spacial score (nSPS) is 10.6. The highest BCUT2D eigenvalue weighted by molar-refractivity contribution is 7.99. The summed E-state index contributed by atoms with van der Waals surface area (Å²) in [6.45, 7) is 0. The van der Waals surface area contributed by atoms with Crippen LogP contribution in [0.25, 0.3) is 16.6 Å². The minimum Gasteiger partial charge on any atom is -0.457 e. The second-order valence-electron chi connectivity index (χ2n) is 6.22. The van der Waals surface area contributed by atoms with Gasteiger partial charge in [-0.15, -0.1) is 0 Å². The topological polar surface area (TPSA) is 67.9 Å². The summed E-state index contributed by atoms with van der Waals surface area (Å²) in [6.07, 6.45) is 0.386. The molecule has 29 heavy (non-hydrogen) atoms. The van der Waals surface area contributed by atoms with Crippen molar-refractivity contribution >= 4 is 22.7 Å². The first-order valence-electron chi connectivity index (χ1n) is 9.11. The van der Waals surface area contributed by atoms with Gasteiger partial charge in [-0.3, -0.25) is 9.36 Å². The summed E-state index contributed by atoms with van der Waals surface area (Å²) < 4.78 is 7.43. The summed E-state index contributed by atoms with van der Waals surface area (Å²) in [6, 6.07) is 26.3. The van der Waals surface area contributed by atoms with Crippen LogP contribution in [0.2, 0.25) is 0 Å². The van der Waals surface area contributed by atoms with Crippen LogP contribution in [0.4, 0.5) is 0 Å². The summed E-state index contributed by atoms with van der Waals surface area (Å²) in [5, 5.41) is 9.97. The van der Waals surface area contributed by atoms with Gasteiger partial charge in [-0.2, -0.15) is 5.26 Å². The molecule has 5 nitrogen and oxygen atoms in total. The van der Waals surface area contributed by atoms with Gasteiger partial charge < -0.3 is 4.74 Å². The second-order valence-corrected chi connectivity index (χ2v) is 7.28. The van der Waals surface area contributed by atoms with Crippen LogP contribution in [0.1, 0.15) is 6.42 Å². The van der Waals surface area contributed by atoms with Crippen molar-refractivity contribution in [2.24, 2.45) is 0 Å². The fourth-order valence-electron chi connectivity index (χ4n) is 2.91. The van der Waals surface area contributed by atoms with Gasteiger partial charge in [-0.25, -0.2) is 4.98 Å². The number of para-hydroxylation sites is 2. The Morgan fingerprint density at radius 2 is 1.62 bits per heavy atom. The molecule has 0 atom stereocenters. The summed E-state index contributed by atoms with van der Waals surface area (Å²) in [5.74, 6) is 1.99. The van der Waals surface area contributed by atoms with Gasteiger partial charge in [0.1, 0.15) is 11.5 Å². The van der Waals surface area contributed by atoms with E-state index < -0.39 is 0 Å². The summed E-state index contributed by atoms with van der Waals surface area (Å²) in [4.78, 5) is 17.8. The Balaban J connectivity index is 1.73. The van der Waals surface area contributed by atoms with Crippen LogP contribution in [0.5, 0.6) is 11.5 Å². The zero-order chi connectivity index (χ0) is 20.1. The van der Waals surface area contributed by atoms with E-state index in [0.717, 1.165) is 5.75 Å². The monoisotopic (exact) mass is 399 g/mol. The summed E-state index contributed by atoms with van der Waals surface area (Å²) in [7, 11) is 0. The van der Waals surface area contributed by atoms with E-state index in [0.29, 0.717) is 39.7 Å². The number of fused-ring (bicyclic) bond motifs is 1. The van der Waals surface area contributed by atoms with Crippen LogP contribution in [0.3, 0.4) is 0 Å². The molecule has 0 fully saturated rings. The van der Waals surface area contributed by atoms with Gasteiger partial charge in [-0.05, 0) is 48.5 Å². The molecule has 3 aromatic carbocycles. The Morgan fingerprint density at radius 1 is 0.931 bits per heavy atom. The minimum atomic E-state index is -0.133. The lowest BCUT2D eigenvalue weighted by molar-refractivity contribution is 0.482. The lowest BCUT2D eigenvalue weighted by Crippen LogP contribution is -2.21. The molecule has 0 bridgehead atoms. The van der Waals surface area contributed by atoms with Crippen molar-refractivity contribution in [1.82, 2.24) is 9.55 Å². The van der Waals surface area contributed by atoms with E-state index in [9.17, 15) is 4.79 Å². The molecule has 0 aliphatic heterocycles. The molecule has 0 N–H and O–H groups in total. The molecular weight excluding hydrogens is 382 g/mol.